The first-order chi connectivity index (χ1) is 11.1. The van der Waals surface area contributed by atoms with Gasteiger partial charge in [0.25, 0.3) is 0 Å². The monoisotopic (exact) mass is 346 g/mol. The predicted octanol–water partition coefficient (Wildman–Crippen LogP) is -2.46. The molecule has 24 heavy (non-hydrogen) atoms. The summed E-state index contributed by atoms with van der Waals surface area (Å²) in [6, 6.07) is -3.21. The first kappa shape index (κ1) is 21.8. The lowest BCUT2D eigenvalue weighted by Gasteiger charge is -2.18. The Kier molecular flexibility index (Phi) is 9.58. The van der Waals surface area contributed by atoms with Crippen molar-refractivity contribution >= 4 is 23.7 Å². The second-order valence-electron chi connectivity index (χ2n) is 5.83. The highest BCUT2D eigenvalue weighted by molar-refractivity contribution is 5.92. The van der Waals surface area contributed by atoms with E-state index in [9.17, 15) is 19.2 Å². The number of rotatable bonds is 10. The minimum atomic E-state index is -1.45. The summed E-state index contributed by atoms with van der Waals surface area (Å²) in [7, 11) is 0. The first-order valence-corrected chi connectivity index (χ1v) is 7.55. The van der Waals surface area contributed by atoms with Gasteiger partial charge in [-0.1, -0.05) is 13.8 Å². The van der Waals surface area contributed by atoms with Gasteiger partial charge < -0.3 is 31.9 Å². The zero-order chi connectivity index (χ0) is 18.9. The van der Waals surface area contributed by atoms with Gasteiger partial charge in [-0.2, -0.15) is 0 Å². The van der Waals surface area contributed by atoms with Crippen molar-refractivity contribution in [3.05, 3.63) is 0 Å². The molecule has 3 amide bonds. The second-order valence-corrected chi connectivity index (χ2v) is 5.83. The highest BCUT2D eigenvalue weighted by Gasteiger charge is 2.23. The van der Waals surface area contributed by atoms with Gasteiger partial charge in [0, 0.05) is 0 Å². The molecular formula is C14H26N4O6. The number of nitrogens with two attached hydrogens (primary N) is 1. The molecular weight excluding hydrogens is 320 g/mol. The lowest BCUT2D eigenvalue weighted by Crippen LogP contribution is -2.53. The van der Waals surface area contributed by atoms with Gasteiger partial charge in [0.15, 0.2) is 0 Å². The average molecular weight is 346 g/mol. The molecule has 10 heteroatoms. The quantitative estimate of drug-likeness (QED) is 0.255. The Hall–Kier alpha value is -2.20. The third-order valence-corrected chi connectivity index (χ3v) is 3.05. The smallest absolute Gasteiger partial charge is 0.328 e. The van der Waals surface area contributed by atoms with Crippen LogP contribution in [0, 0.1) is 5.92 Å². The van der Waals surface area contributed by atoms with Gasteiger partial charge in [0.05, 0.1) is 19.2 Å². The summed E-state index contributed by atoms with van der Waals surface area (Å²) in [5, 5.41) is 24.3. The van der Waals surface area contributed by atoms with Crippen LogP contribution in [0.2, 0.25) is 0 Å². The molecule has 7 N–H and O–H groups in total. The number of carboxylic acid groups (broad SMARTS) is 1. The molecule has 0 aromatic carbocycles. The molecule has 0 bridgehead atoms. The zero-order valence-corrected chi connectivity index (χ0v) is 14.0. The molecule has 3 unspecified atom stereocenters. The predicted molar refractivity (Wildman–Crippen MR) is 84.7 cm³/mol. The lowest BCUT2D eigenvalue weighted by atomic mass is 10.0. The maximum absolute atomic E-state index is 11.7. The van der Waals surface area contributed by atoms with Gasteiger partial charge in [-0.15, -0.1) is 0 Å². The number of hydrogen-bond acceptors (Lipinski definition) is 6. The molecule has 0 fully saturated rings. The van der Waals surface area contributed by atoms with E-state index in [2.05, 4.69) is 16.0 Å². The number of aliphatic hydroxyl groups is 1. The summed E-state index contributed by atoms with van der Waals surface area (Å²) >= 11 is 0. The van der Waals surface area contributed by atoms with Gasteiger partial charge in [0.2, 0.25) is 17.7 Å². The number of nitrogens with one attached hydrogen (secondary N) is 3. The fourth-order valence-corrected chi connectivity index (χ4v) is 1.75. The molecule has 0 aliphatic heterocycles. The second kappa shape index (κ2) is 10.6. The SMILES string of the molecule is CC(C)CC(N)C(=O)NCC(=O)NC(C)C(=O)NC(CO)C(=O)O. The van der Waals surface area contributed by atoms with Crippen LogP contribution < -0.4 is 21.7 Å². The molecule has 0 aliphatic carbocycles. The number of aliphatic carboxylic acids is 1. The van der Waals surface area contributed by atoms with Gasteiger partial charge in [0.1, 0.15) is 12.1 Å². The summed E-state index contributed by atoms with van der Waals surface area (Å²) in [6.07, 6.45) is 0.476. The van der Waals surface area contributed by atoms with Crippen LogP contribution in [0.1, 0.15) is 27.2 Å². The lowest BCUT2D eigenvalue weighted by molar-refractivity contribution is -0.143. The normalized spacial score (nSPS) is 14.4. The Morgan fingerprint density at radius 3 is 2.08 bits per heavy atom. The van der Waals surface area contributed by atoms with E-state index in [4.69, 9.17) is 15.9 Å². The first-order valence-electron chi connectivity index (χ1n) is 7.55. The zero-order valence-electron chi connectivity index (χ0n) is 14.0. The number of aliphatic hydroxyl groups excluding tert-OH is 1. The minimum absolute atomic E-state index is 0.233. The van der Waals surface area contributed by atoms with Crippen LogP contribution in [0.25, 0.3) is 0 Å². The molecule has 3 atom stereocenters. The van der Waals surface area contributed by atoms with Crippen LogP contribution >= 0.6 is 0 Å². The minimum Gasteiger partial charge on any atom is -0.480 e. The molecule has 0 saturated carbocycles. The fourth-order valence-electron chi connectivity index (χ4n) is 1.75. The van der Waals surface area contributed by atoms with E-state index in [1.165, 1.54) is 6.92 Å². The van der Waals surface area contributed by atoms with Crippen molar-refractivity contribution in [1.29, 1.82) is 0 Å². The molecule has 0 spiro atoms. The van der Waals surface area contributed by atoms with Gasteiger partial charge in [-0.3, -0.25) is 14.4 Å². The number of carbonyl (C=O) groups is 4. The van der Waals surface area contributed by atoms with Gasteiger partial charge in [-0.25, -0.2) is 4.79 Å². The van der Waals surface area contributed by atoms with E-state index in [-0.39, 0.29) is 12.5 Å². The van der Waals surface area contributed by atoms with Crippen molar-refractivity contribution in [3.8, 4) is 0 Å². The van der Waals surface area contributed by atoms with Crippen LogP contribution in [0.3, 0.4) is 0 Å². The summed E-state index contributed by atoms with van der Waals surface area (Å²) in [4.78, 5) is 45.8. The Balaban J connectivity index is 4.29. The number of hydrogen-bond donors (Lipinski definition) is 6. The highest BCUT2D eigenvalue weighted by Crippen LogP contribution is 2.02. The molecule has 0 aromatic heterocycles. The van der Waals surface area contributed by atoms with Crippen LogP contribution in [-0.2, 0) is 19.2 Å². The van der Waals surface area contributed by atoms with Crippen LogP contribution in [0.4, 0.5) is 0 Å². The van der Waals surface area contributed by atoms with Gasteiger partial charge in [-0.05, 0) is 19.3 Å². The van der Waals surface area contributed by atoms with E-state index in [0.29, 0.717) is 6.42 Å². The van der Waals surface area contributed by atoms with E-state index in [1.807, 2.05) is 13.8 Å². The molecule has 10 nitrogen and oxygen atoms in total. The summed E-state index contributed by atoms with van der Waals surface area (Å²) in [6.45, 7) is 4.04. The van der Waals surface area contributed by atoms with Crippen molar-refractivity contribution in [3.63, 3.8) is 0 Å². The maximum atomic E-state index is 11.7. The van der Waals surface area contributed by atoms with Crippen LogP contribution in [0.5, 0.6) is 0 Å². The Morgan fingerprint density at radius 2 is 1.62 bits per heavy atom. The van der Waals surface area contributed by atoms with Crippen molar-refractivity contribution in [1.82, 2.24) is 16.0 Å². The number of carboxylic acids is 1. The molecule has 0 aliphatic rings. The Morgan fingerprint density at radius 1 is 1.04 bits per heavy atom. The van der Waals surface area contributed by atoms with E-state index >= 15 is 0 Å². The Labute approximate surface area is 140 Å². The average Bonchev–Trinajstić information content (AvgIpc) is 2.48. The van der Waals surface area contributed by atoms with Crippen molar-refractivity contribution in [2.45, 2.75) is 45.3 Å². The van der Waals surface area contributed by atoms with Gasteiger partial charge >= 0.3 is 5.97 Å². The maximum Gasteiger partial charge on any atom is 0.328 e. The molecule has 0 aromatic rings. The molecule has 0 rings (SSSR count). The van der Waals surface area contributed by atoms with Crippen LogP contribution in [-0.4, -0.2) is 65.2 Å². The molecule has 0 heterocycles. The van der Waals surface area contributed by atoms with Crippen molar-refractivity contribution < 1.29 is 29.4 Å². The molecule has 138 valence electrons. The van der Waals surface area contributed by atoms with Crippen LogP contribution in [0.15, 0.2) is 0 Å². The molecule has 0 radical (unpaired) electrons. The largest absolute Gasteiger partial charge is 0.480 e. The highest BCUT2D eigenvalue weighted by atomic mass is 16.4. The fraction of sp³-hybridized carbons (Fsp3) is 0.714. The standard InChI is InChI=1S/C14H26N4O6/c1-7(2)4-9(15)13(22)16-5-11(20)17-8(3)12(21)18-10(6-19)14(23)24/h7-10,19H,4-6,15H2,1-3H3,(H,16,22)(H,17,20)(H,18,21)(H,23,24). The third-order valence-electron chi connectivity index (χ3n) is 3.05. The van der Waals surface area contributed by atoms with Crippen molar-refractivity contribution in [2.24, 2.45) is 11.7 Å². The number of carbonyl (C=O) groups excluding carboxylic acids is 3. The third kappa shape index (κ3) is 8.44. The van der Waals surface area contributed by atoms with Crippen molar-refractivity contribution in [2.75, 3.05) is 13.2 Å². The summed E-state index contributed by atoms with van der Waals surface area (Å²) < 4.78 is 0. The van der Waals surface area contributed by atoms with E-state index in [1.54, 1.807) is 0 Å². The Bertz CT molecular complexity index is 468. The molecule has 0 saturated heterocycles. The van der Waals surface area contributed by atoms with E-state index in [0.717, 1.165) is 0 Å². The summed E-state index contributed by atoms with van der Waals surface area (Å²) in [5.74, 6) is -3.03. The van der Waals surface area contributed by atoms with E-state index < -0.39 is 48.4 Å². The number of amides is 3. The summed E-state index contributed by atoms with van der Waals surface area (Å²) in [5.41, 5.74) is 5.67. The topological polar surface area (TPSA) is 171 Å².